The molecule has 0 aliphatic carbocycles. The van der Waals surface area contributed by atoms with Crippen LogP contribution in [0.4, 0.5) is 17.6 Å². The summed E-state index contributed by atoms with van der Waals surface area (Å²) in [5, 5.41) is 16.1. The van der Waals surface area contributed by atoms with Crippen molar-refractivity contribution in [2.45, 2.75) is 38.1 Å². The molecule has 180 valence electrons. The molecule has 0 aliphatic rings. The van der Waals surface area contributed by atoms with Crippen molar-refractivity contribution in [3.8, 4) is 5.75 Å². The molecule has 0 saturated heterocycles. The minimum atomic E-state index is -4.91. The first-order valence-corrected chi connectivity index (χ1v) is 9.78. The summed E-state index contributed by atoms with van der Waals surface area (Å²) < 4.78 is 60.7. The SMILES string of the molecule is CCNC(=NCC(C)Oc1cccc(F)c1)NCCC(O)(c1nccn1C)C(F)(F)F.I. The molecule has 0 bridgehead atoms. The second-order valence-electron chi connectivity index (χ2n) is 7.00. The van der Waals surface area contributed by atoms with Gasteiger partial charge in [-0.1, -0.05) is 6.07 Å². The number of aryl methyl sites for hydroxylation is 1. The van der Waals surface area contributed by atoms with Crippen molar-refractivity contribution >= 4 is 29.9 Å². The topological polar surface area (TPSA) is 83.7 Å². The molecule has 0 amide bonds. The Balaban J connectivity index is 0.00000512. The number of nitrogens with zero attached hydrogens (tertiary/aromatic N) is 3. The molecular formula is C20H28F4IN5O2. The number of imidazole rings is 1. The number of rotatable bonds is 9. The molecule has 2 unspecified atom stereocenters. The molecule has 0 saturated carbocycles. The molecule has 0 spiro atoms. The van der Waals surface area contributed by atoms with E-state index in [1.165, 1.54) is 37.6 Å². The molecule has 1 aromatic heterocycles. The predicted molar refractivity (Wildman–Crippen MR) is 124 cm³/mol. The number of hydrogen-bond acceptors (Lipinski definition) is 4. The number of guanidine groups is 1. The fourth-order valence-corrected chi connectivity index (χ4v) is 2.88. The highest BCUT2D eigenvalue weighted by molar-refractivity contribution is 14.0. The van der Waals surface area contributed by atoms with Crippen molar-refractivity contribution in [2.24, 2.45) is 12.0 Å². The van der Waals surface area contributed by atoms with Gasteiger partial charge in [0.05, 0.1) is 6.54 Å². The Morgan fingerprint density at radius 2 is 2.03 bits per heavy atom. The highest BCUT2D eigenvalue weighted by atomic mass is 127. The third-order valence-corrected chi connectivity index (χ3v) is 4.42. The first-order chi connectivity index (χ1) is 14.6. The average molecular weight is 573 g/mol. The first-order valence-electron chi connectivity index (χ1n) is 9.78. The molecule has 2 aromatic rings. The molecule has 2 rings (SSSR count). The van der Waals surface area contributed by atoms with Crippen molar-refractivity contribution in [3.05, 3.63) is 48.3 Å². The molecule has 2 atom stereocenters. The number of hydrogen-bond donors (Lipinski definition) is 3. The number of benzene rings is 1. The number of aliphatic imine (C=N–C) groups is 1. The van der Waals surface area contributed by atoms with E-state index in [2.05, 4.69) is 20.6 Å². The fraction of sp³-hybridized carbons (Fsp3) is 0.500. The largest absolute Gasteiger partial charge is 0.489 e. The van der Waals surface area contributed by atoms with Crippen LogP contribution in [0.1, 0.15) is 26.1 Å². The minimum Gasteiger partial charge on any atom is -0.489 e. The van der Waals surface area contributed by atoms with Gasteiger partial charge >= 0.3 is 6.18 Å². The maximum atomic E-state index is 13.6. The molecule has 1 heterocycles. The average Bonchev–Trinajstić information content (AvgIpc) is 3.11. The zero-order valence-electron chi connectivity index (χ0n) is 18.0. The van der Waals surface area contributed by atoms with E-state index in [1.807, 2.05) is 6.92 Å². The van der Waals surface area contributed by atoms with Gasteiger partial charge in [-0.3, -0.25) is 0 Å². The van der Waals surface area contributed by atoms with Crippen LogP contribution in [0, 0.1) is 5.82 Å². The summed E-state index contributed by atoms with van der Waals surface area (Å²) in [5.74, 6) is -0.290. The van der Waals surface area contributed by atoms with Gasteiger partial charge in [0.1, 0.15) is 23.5 Å². The molecular weight excluding hydrogens is 545 g/mol. The van der Waals surface area contributed by atoms with Gasteiger partial charge in [-0.25, -0.2) is 14.4 Å². The van der Waals surface area contributed by atoms with Crippen molar-refractivity contribution in [3.63, 3.8) is 0 Å². The Kier molecular flexibility index (Phi) is 10.7. The van der Waals surface area contributed by atoms with Crippen LogP contribution in [0.3, 0.4) is 0 Å². The minimum absolute atomic E-state index is 0. The van der Waals surface area contributed by atoms with Crippen molar-refractivity contribution in [1.29, 1.82) is 0 Å². The normalized spacial score (nSPS) is 14.8. The van der Waals surface area contributed by atoms with Gasteiger partial charge in [-0.15, -0.1) is 24.0 Å². The van der Waals surface area contributed by atoms with Gasteiger partial charge < -0.3 is 25.0 Å². The maximum Gasteiger partial charge on any atom is 0.424 e. The fourth-order valence-electron chi connectivity index (χ4n) is 2.88. The molecule has 1 aromatic carbocycles. The highest BCUT2D eigenvalue weighted by Crippen LogP contribution is 2.40. The Bertz CT molecular complexity index is 878. The van der Waals surface area contributed by atoms with Crippen molar-refractivity contribution < 1.29 is 27.4 Å². The van der Waals surface area contributed by atoms with E-state index in [4.69, 9.17) is 4.74 Å². The van der Waals surface area contributed by atoms with E-state index in [9.17, 15) is 22.7 Å². The number of ether oxygens (including phenoxy) is 1. The first kappa shape index (κ1) is 27.9. The summed E-state index contributed by atoms with van der Waals surface area (Å²) in [7, 11) is 1.39. The van der Waals surface area contributed by atoms with Crippen LogP contribution in [0.2, 0.25) is 0 Å². The van der Waals surface area contributed by atoms with Crippen LogP contribution in [0.5, 0.6) is 5.75 Å². The summed E-state index contributed by atoms with van der Waals surface area (Å²) in [6.45, 7) is 3.99. The molecule has 0 radical (unpaired) electrons. The van der Waals surface area contributed by atoms with Crippen molar-refractivity contribution in [1.82, 2.24) is 20.2 Å². The number of aliphatic hydroxyl groups is 1. The number of halogens is 5. The monoisotopic (exact) mass is 573 g/mol. The number of alkyl halides is 3. The molecule has 12 heteroatoms. The van der Waals surface area contributed by atoms with Gasteiger partial charge in [0.25, 0.3) is 0 Å². The standard InChI is InChI=1S/C20H27F4N5O2.HI/c1-4-25-18(28-13-14(2)31-16-7-5-6-15(21)12-16)27-9-8-19(30,20(22,23)24)17-26-10-11-29(17)3;/h5-7,10-12,14,30H,4,8-9,13H2,1-3H3,(H2,25,27,28);1H. The van der Waals surface area contributed by atoms with E-state index < -0.39 is 35.9 Å². The Labute approximate surface area is 201 Å². The summed E-state index contributed by atoms with van der Waals surface area (Å²) in [4.78, 5) is 7.96. The maximum absolute atomic E-state index is 13.6. The quantitative estimate of drug-likeness (QED) is 0.186. The summed E-state index contributed by atoms with van der Waals surface area (Å²) >= 11 is 0. The highest BCUT2D eigenvalue weighted by Gasteiger charge is 2.57. The zero-order valence-corrected chi connectivity index (χ0v) is 20.3. The molecule has 7 nitrogen and oxygen atoms in total. The van der Waals surface area contributed by atoms with Crippen LogP contribution in [0.25, 0.3) is 0 Å². The number of nitrogens with one attached hydrogen (secondary N) is 2. The summed E-state index contributed by atoms with van der Waals surface area (Å²) in [5.41, 5.74) is -3.11. The zero-order chi connectivity index (χ0) is 23.1. The van der Waals surface area contributed by atoms with Gasteiger partial charge in [0, 0.05) is 45.0 Å². The molecule has 32 heavy (non-hydrogen) atoms. The van der Waals surface area contributed by atoms with Crippen LogP contribution in [-0.4, -0.2) is 52.5 Å². The lowest BCUT2D eigenvalue weighted by molar-refractivity contribution is -0.272. The smallest absolute Gasteiger partial charge is 0.424 e. The van der Waals surface area contributed by atoms with Crippen LogP contribution >= 0.6 is 24.0 Å². The summed E-state index contributed by atoms with van der Waals surface area (Å²) in [6.07, 6.45) is -3.44. The van der Waals surface area contributed by atoms with Gasteiger partial charge in [0.15, 0.2) is 5.96 Å². The summed E-state index contributed by atoms with van der Waals surface area (Å²) in [6, 6.07) is 5.69. The third-order valence-electron chi connectivity index (χ3n) is 4.42. The van der Waals surface area contributed by atoms with Crippen LogP contribution in [-0.2, 0) is 12.6 Å². The van der Waals surface area contributed by atoms with Gasteiger partial charge in [-0.2, -0.15) is 13.2 Å². The van der Waals surface area contributed by atoms with Crippen LogP contribution in [0.15, 0.2) is 41.7 Å². The second-order valence-corrected chi connectivity index (χ2v) is 7.00. The lowest BCUT2D eigenvalue weighted by atomic mass is 9.97. The van der Waals surface area contributed by atoms with Gasteiger partial charge in [-0.05, 0) is 26.0 Å². The lowest BCUT2D eigenvalue weighted by Crippen LogP contribution is -2.48. The third kappa shape index (κ3) is 7.50. The van der Waals surface area contributed by atoms with E-state index in [1.54, 1.807) is 13.0 Å². The predicted octanol–water partition coefficient (Wildman–Crippen LogP) is 3.34. The number of aromatic nitrogens is 2. The Morgan fingerprint density at radius 3 is 2.59 bits per heavy atom. The lowest BCUT2D eigenvalue weighted by Gasteiger charge is -2.30. The molecule has 0 aliphatic heterocycles. The van der Waals surface area contributed by atoms with Crippen LogP contribution < -0.4 is 15.4 Å². The molecule has 3 N–H and O–H groups in total. The van der Waals surface area contributed by atoms with E-state index in [0.29, 0.717) is 12.3 Å². The molecule has 0 fully saturated rings. The Morgan fingerprint density at radius 1 is 1.31 bits per heavy atom. The second kappa shape index (κ2) is 12.2. The van der Waals surface area contributed by atoms with E-state index >= 15 is 0 Å². The van der Waals surface area contributed by atoms with E-state index in [-0.39, 0.29) is 43.0 Å². The Hall–Kier alpha value is -2.09. The van der Waals surface area contributed by atoms with Gasteiger partial charge in [0.2, 0.25) is 5.60 Å². The van der Waals surface area contributed by atoms with Crippen molar-refractivity contribution in [2.75, 3.05) is 19.6 Å². The van der Waals surface area contributed by atoms with E-state index in [0.717, 1.165) is 4.57 Å².